The van der Waals surface area contributed by atoms with Gasteiger partial charge < -0.3 is 75.3 Å². The second-order valence-corrected chi connectivity index (χ2v) is 20.9. The predicted molar refractivity (Wildman–Crippen MR) is 296 cm³/mol. The van der Waals surface area contributed by atoms with E-state index in [0.29, 0.717) is 70.9 Å². The minimum absolute atomic E-state index is 0.161. The van der Waals surface area contributed by atoms with Crippen molar-refractivity contribution in [1.82, 2.24) is 31.9 Å². The monoisotopic (exact) mass is 1110 g/mol. The van der Waals surface area contributed by atoms with E-state index in [1.54, 1.807) is 62.3 Å². The van der Waals surface area contributed by atoms with Crippen LogP contribution in [-0.4, -0.2) is 120 Å². The first-order valence-corrected chi connectivity index (χ1v) is 26.4. The smallest absolute Gasteiger partial charge is 0.408 e. The Kier molecular flexibility index (Phi) is 34.1. The van der Waals surface area contributed by atoms with Gasteiger partial charge in [-0.15, -0.1) is 0 Å². The number of carboxylic acids is 1. The van der Waals surface area contributed by atoms with Crippen LogP contribution in [0.25, 0.3) is 0 Å². The number of carboxylic acid groups (broad SMARTS) is 1. The number of rotatable bonds is 27. The fourth-order valence-electron chi connectivity index (χ4n) is 6.40. The molecule has 0 aliphatic rings. The maximum Gasteiger partial charge on any atom is 0.408 e. The maximum absolute atomic E-state index is 11.7. The summed E-state index contributed by atoms with van der Waals surface area (Å²) in [4.78, 5) is 92.0. The molecule has 0 aliphatic carbocycles. The zero-order valence-electron chi connectivity index (χ0n) is 47.4. The van der Waals surface area contributed by atoms with E-state index in [-0.39, 0.29) is 38.9 Å². The molecule has 0 bridgehead atoms. The lowest BCUT2D eigenvalue weighted by Crippen LogP contribution is -2.43. The molecule has 3 rings (SSSR count). The average Bonchev–Trinajstić information content (AvgIpc) is 3.37. The highest BCUT2D eigenvalue weighted by Crippen LogP contribution is 2.12. The van der Waals surface area contributed by atoms with E-state index >= 15 is 0 Å². The van der Waals surface area contributed by atoms with Crippen molar-refractivity contribution in [1.29, 1.82) is 0 Å². The minimum atomic E-state index is -1.13. The lowest BCUT2D eigenvalue weighted by molar-refractivity contribution is -0.139. The molecule has 8 N–H and O–H groups in total. The van der Waals surface area contributed by atoms with Crippen LogP contribution in [0.4, 0.5) is 28.8 Å². The van der Waals surface area contributed by atoms with Crippen LogP contribution < -0.4 is 31.9 Å². The number of unbranched alkanes of at least 4 members (excludes halogenated alkanes) is 3. The lowest BCUT2D eigenvalue weighted by Gasteiger charge is -2.22. The van der Waals surface area contributed by atoms with Crippen LogP contribution in [0.3, 0.4) is 0 Å². The molecule has 3 atom stereocenters. The van der Waals surface area contributed by atoms with Gasteiger partial charge in [-0.25, -0.2) is 33.6 Å². The van der Waals surface area contributed by atoms with Gasteiger partial charge in [-0.05, 0) is 137 Å². The van der Waals surface area contributed by atoms with Crippen molar-refractivity contribution >= 4 is 48.8 Å². The Hall–Kier alpha value is -7.62. The standard InChI is InChI=1S/C19H28N2O6.C19H30N2O5.C19H28N2O5/c1-19(2,3)27-18(25)21-15(16(22)23)11-7-8-12-20-17(24)26-13-14-9-5-4-6-10-14;2*1-19(2,3)26-18(24)21-16(13-22)11-7-8-12-20-17(23)25-14-15-9-5-4-6-10-15/h4-6,9-10,15H,7-8,11-13H2,1-3H3,(H,20,24)(H,21,25)(H,22,23);4-6,9-10,16,22H,7-8,11-14H2,1-3H3,(H,20,23)(H,21,24);4-6,9-10,13,16H,7-8,11-12,14H2,1-3H3,(H,20,23)(H,21,24)/t15-;2*16-/m000/s1. The topological polar surface area (TPSA) is 305 Å². The second-order valence-electron chi connectivity index (χ2n) is 20.9. The number of benzene rings is 3. The van der Waals surface area contributed by atoms with E-state index in [0.717, 1.165) is 23.1 Å². The third kappa shape index (κ3) is 40.3. The third-order valence-corrected chi connectivity index (χ3v) is 10.1. The highest BCUT2D eigenvalue weighted by atomic mass is 16.6. The fraction of sp³-hybridized carbons (Fsp3) is 0.544. The van der Waals surface area contributed by atoms with Gasteiger partial charge in [-0.3, -0.25) is 0 Å². The van der Waals surface area contributed by atoms with Crippen molar-refractivity contribution in [3.63, 3.8) is 0 Å². The Bertz CT molecular complexity index is 2220. The number of aldehydes is 1. The molecule has 0 aliphatic heterocycles. The number of amides is 6. The molecule has 6 amide bonds. The number of aliphatic carboxylic acids is 1. The van der Waals surface area contributed by atoms with Crippen molar-refractivity contribution in [2.75, 3.05) is 26.2 Å². The van der Waals surface area contributed by atoms with Crippen molar-refractivity contribution in [2.24, 2.45) is 0 Å². The summed E-state index contributed by atoms with van der Waals surface area (Å²) in [5.41, 5.74) is 0.865. The van der Waals surface area contributed by atoms with Crippen LogP contribution in [-0.2, 0) is 57.8 Å². The van der Waals surface area contributed by atoms with E-state index in [2.05, 4.69) is 31.9 Å². The quantitative estimate of drug-likeness (QED) is 0.0200. The van der Waals surface area contributed by atoms with Gasteiger partial charge in [0.2, 0.25) is 0 Å². The molecule has 0 aromatic heterocycles. The van der Waals surface area contributed by atoms with Gasteiger partial charge in [0.05, 0.1) is 18.7 Å². The van der Waals surface area contributed by atoms with Crippen molar-refractivity contribution in [2.45, 2.75) is 175 Å². The number of ether oxygens (including phenoxy) is 6. The third-order valence-electron chi connectivity index (χ3n) is 10.1. The van der Waals surface area contributed by atoms with E-state index in [4.69, 9.17) is 28.4 Å². The molecule has 0 saturated carbocycles. The molecule has 0 unspecified atom stereocenters. The van der Waals surface area contributed by atoms with Crippen LogP contribution in [0.5, 0.6) is 0 Å². The van der Waals surface area contributed by atoms with Crippen molar-refractivity contribution in [3.8, 4) is 0 Å². The first-order valence-electron chi connectivity index (χ1n) is 26.4. The first kappa shape index (κ1) is 69.4. The van der Waals surface area contributed by atoms with Gasteiger partial charge >= 0.3 is 42.5 Å². The van der Waals surface area contributed by atoms with Crippen LogP contribution in [0.15, 0.2) is 91.0 Å². The number of nitrogens with one attached hydrogen (secondary N) is 6. The zero-order valence-corrected chi connectivity index (χ0v) is 47.4. The average molecular weight is 1110 g/mol. The number of hydrogen-bond acceptors (Lipinski definition) is 15. The molecule has 22 nitrogen and oxygen atoms in total. The molecule has 79 heavy (non-hydrogen) atoms. The summed E-state index contributed by atoms with van der Waals surface area (Å²) in [6, 6.07) is 26.2. The normalized spacial score (nSPS) is 12.0. The van der Waals surface area contributed by atoms with E-state index in [1.165, 1.54) is 0 Å². The summed E-state index contributed by atoms with van der Waals surface area (Å²) < 4.78 is 30.6. The summed E-state index contributed by atoms with van der Waals surface area (Å²) in [6.07, 6.45) is 2.44. The summed E-state index contributed by atoms with van der Waals surface area (Å²) in [7, 11) is 0. The largest absolute Gasteiger partial charge is 0.480 e. The number of carbonyl (C=O) groups excluding carboxylic acids is 7. The molecule has 0 radical (unpaired) electrons. The number of aliphatic hydroxyl groups is 1. The Morgan fingerprint density at radius 1 is 0.456 bits per heavy atom. The zero-order chi connectivity index (χ0) is 59.1. The summed E-state index contributed by atoms with van der Waals surface area (Å²) >= 11 is 0. The Labute approximate surface area is 465 Å². The number of hydrogen-bond donors (Lipinski definition) is 8. The van der Waals surface area contributed by atoms with E-state index in [9.17, 15) is 48.6 Å². The number of carbonyl (C=O) groups is 8. The van der Waals surface area contributed by atoms with Crippen LogP contribution in [0.1, 0.15) is 137 Å². The van der Waals surface area contributed by atoms with Gasteiger partial charge in [0.15, 0.2) is 0 Å². The van der Waals surface area contributed by atoms with Crippen LogP contribution >= 0.6 is 0 Å². The summed E-state index contributed by atoms with van der Waals surface area (Å²) in [5.74, 6) is -1.13. The van der Waals surface area contributed by atoms with Gasteiger partial charge in [-0.1, -0.05) is 91.0 Å². The van der Waals surface area contributed by atoms with Gasteiger partial charge in [0.1, 0.15) is 49.0 Å². The van der Waals surface area contributed by atoms with Gasteiger partial charge in [0.25, 0.3) is 0 Å². The molecule has 440 valence electrons. The summed E-state index contributed by atoms with van der Waals surface area (Å²) in [6.45, 7) is 17.4. The molecular weight excluding hydrogens is 1020 g/mol. The van der Waals surface area contributed by atoms with Gasteiger partial charge in [-0.2, -0.15) is 0 Å². The molecule has 3 aromatic rings. The van der Waals surface area contributed by atoms with E-state index < -0.39 is 71.4 Å². The van der Waals surface area contributed by atoms with Crippen LogP contribution in [0.2, 0.25) is 0 Å². The highest BCUT2D eigenvalue weighted by molar-refractivity contribution is 5.80. The molecule has 22 heteroatoms. The van der Waals surface area contributed by atoms with Gasteiger partial charge in [0, 0.05) is 19.6 Å². The lowest BCUT2D eigenvalue weighted by atomic mass is 10.1. The minimum Gasteiger partial charge on any atom is -0.480 e. The first-order chi connectivity index (χ1) is 37.3. The molecular formula is C57H86N6O16. The van der Waals surface area contributed by atoms with Crippen molar-refractivity contribution in [3.05, 3.63) is 108 Å². The molecule has 0 spiro atoms. The van der Waals surface area contributed by atoms with Crippen molar-refractivity contribution < 1.29 is 77.0 Å². The second kappa shape index (κ2) is 38.9. The SMILES string of the molecule is CC(C)(C)OC(=O)N[C@@H](CCCCNC(=O)OCc1ccccc1)C(=O)O.CC(C)(C)OC(=O)N[C@H](C=O)CCCCNC(=O)OCc1ccccc1.CC(C)(C)OC(=O)N[C@H](CO)CCCCNC(=O)OCc1ccccc1. The Morgan fingerprint density at radius 3 is 1.11 bits per heavy atom. The molecule has 0 fully saturated rings. The molecule has 0 heterocycles. The molecule has 0 saturated heterocycles. The number of alkyl carbamates (subject to hydrolysis) is 6. The Morgan fingerprint density at radius 2 is 0.785 bits per heavy atom. The van der Waals surface area contributed by atoms with E-state index in [1.807, 2.05) is 91.0 Å². The van der Waals surface area contributed by atoms with Crippen LogP contribution in [0, 0.1) is 0 Å². The highest BCUT2D eigenvalue weighted by Gasteiger charge is 2.24. The predicted octanol–water partition coefficient (Wildman–Crippen LogP) is 9.21. The Balaban J connectivity index is 0.000000593. The summed E-state index contributed by atoms with van der Waals surface area (Å²) in [5, 5.41) is 34.0. The molecule has 3 aromatic carbocycles. The fourth-order valence-corrected chi connectivity index (χ4v) is 6.40. The number of aliphatic hydroxyl groups excluding tert-OH is 1. The maximum atomic E-state index is 11.7.